The Labute approximate surface area is 210 Å². The Morgan fingerprint density at radius 1 is 1.14 bits per heavy atom. The Balaban J connectivity index is 1.43. The maximum absolute atomic E-state index is 12.4. The predicted molar refractivity (Wildman–Crippen MR) is 124 cm³/mol. The zero-order valence-corrected chi connectivity index (χ0v) is 20.3. The molecule has 4 unspecified atom stereocenters. The Bertz CT molecular complexity index is 1320. The quantitative estimate of drug-likeness (QED) is 0.275. The van der Waals surface area contributed by atoms with E-state index in [1.165, 1.54) is 26.5 Å². The maximum atomic E-state index is 12.4. The summed E-state index contributed by atoms with van der Waals surface area (Å²) >= 11 is 6.15. The Morgan fingerprint density at radius 3 is 2.64 bits per heavy atom. The first-order chi connectivity index (χ1) is 17.3. The number of esters is 3. The fourth-order valence-electron chi connectivity index (χ4n) is 5.09. The molecule has 0 amide bonds. The Morgan fingerprint density at radius 2 is 1.92 bits per heavy atom. The van der Waals surface area contributed by atoms with E-state index in [4.69, 9.17) is 30.5 Å². The molecule has 1 aliphatic heterocycles. The molecule has 188 valence electrons. The van der Waals surface area contributed by atoms with E-state index in [0.29, 0.717) is 23.1 Å². The number of aromatic nitrogens is 4. The van der Waals surface area contributed by atoms with Crippen molar-refractivity contribution in [3.05, 3.63) is 53.7 Å². The van der Waals surface area contributed by atoms with Crippen LogP contribution in [0.5, 0.6) is 0 Å². The summed E-state index contributed by atoms with van der Waals surface area (Å²) in [6.07, 6.45) is 0.895. The molecule has 12 heteroatoms. The second kappa shape index (κ2) is 9.47. The Hall–Kier alpha value is -3.57. The first-order valence-corrected chi connectivity index (χ1v) is 11.7. The van der Waals surface area contributed by atoms with Crippen LogP contribution in [0.15, 0.2) is 43.0 Å². The Kier molecular flexibility index (Phi) is 6.35. The van der Waals surface area contributed by atoms with E-state index in [1.807, 2.05) is 6.07 Å². The van der Waals surface area contributed by atoms with E-state index >= 15 is 0 Å². The number of carbonyl (C=O) groups excluding carboxylic acids is 3. The van der Waals surface area contributed by atoms with Crippen molar-refractivity contribution in [3.8, 4) is 0 Å². The summed E-state index contributed by atoms with van der Waals surface area (Å²) in [5.41, 5.74) is -0.122. The van der Waals surface area contributed by atoms with Crippen molar-refractivity contribution in [2.24, 2.45) is 5.92 Å². The maximum Gasteiger partial charge on any atom is 0.338 e. The fraction of sp³-hybridized carbons (Fsp3) is 0.417. The summed E-state index contributed by atoms with van der Waals surface area (Å²) in [5, 5.41) is 0.163. The number of benzene rings is 1. The second-order valence-corrected chi connectivity index (χ2v) is 9.21. The molecule has 5 atom stereocenters. The van der Waals surface area contributed by atoms with Gasteiger partial charge in [0, 0.05) is 13.8 Å². The minimum atomic E-state index is -1.29. The molecular weight excluding hydrogens is 492 g/mol. The van der Waals surface area contributed by atoms with E-state index < -0.39 is 41.9 Å². The molecule has 0 spiro atoms. The molecular formula is C24H23ClN4O7. The van der Waals surface area contributed by atoms with Crippen LogP contribution in [-0.4, -0.2) is 61.8 Å². The van der Waals surface area contributed by atoms with Crippen LogP contribution >= 0.6 is 11.6 Å². The van der Waals surface area contributed by atoms with Crippen molar-refractivity contribution in [3.63, 3.8) is 0 Å². The molecule has 2 fully saturated rings. The number of imidazole rings is 1. The van der Waals surface area contributed by atoms with Crippen molar-refractivity contribution >= 4 is 40.7 Å². The number of hydrogen-bond donors (Lipinski definition) is 0. The fourth-order valence-corrected chi connectivity index (χ4v) is 5.27. The van der Waals surface area contributed by atoms with E-state index in [2.05, 4.69) is 15.0 Å². The zero-order valence-electron chi connectivity index (χ0n) is 19.5. The van der Waals surface area contributed by atoms with Gasteiger partial charge in [-0.05, 0) is 30.9 Å². The van der Waals surface area contributed by atoms with E-state index in [1.54, 1.807) is 28.8 Å². The van der Waals surface area contributed by atoms with Crippen LogP contribution in [0, 0.1) is 5.92 Å². The summed E-state index contributed by atoms with van der Waals surface area (Å²) in [7, 11) is 0. The summed E-state index contributed by atoms with van der Waals surface area (Å²) in [6, 6.07) is 8.65. The number of nitrogens with zero attached hydrogens (tertiary/aromatic N) is 4. The van der Waals surface area contributed by atoms with Crippen LogP contribution in [0.4, 0.5) is 0 Å². The third-order valence-electron chi connectivity index (χ3n) is 6.42. The van der Waals surface area contributed by atoms with Crippen LogP contribution in [0.25, 0.3) is 11.2 Å². The highest BCUT2D eigenvalue weighted by atomic mass is 35.5. The van der Waals surface area contributed by atoms with E-state index in [9.17, 15) is 14.4 Å². The van der Waals surface area contributed by atoms with Gasteiger partial charge in [0.15, 0.2) is 28.7 Å². The van der Waals surface area contributed by atoms with Crippen LogP contribution in [0.2, 0.25) is 5.15 Å². The third kappa shape index (κ3) is 4.28. The number of ether oxygens (including phenoxy) is 4. The molecule has 5 rings (SSSR count). The van der Waals surface area contributed by atoms with Crippen molar-refractivity contribution in [1.29, 1.82) is 0 Å². The average molecular weight is 515 g/mol. The molecule has 1 saturated heterocycles. The van der Waals surface area contributed by atoms with Gasteiger partial charge >= 0.3 is 17.9 Å². The standard InChI is InChI=1S/C24H23ClN4O7/c1-13(30)34-19-22(29-12-28-18-20(25)26-11-27-21(18)29)35-17-8-15(9-24(17,19)36-14(2)31)10-33-23(32)16-6-4-3-5-7-16/h3-7,11-12,15,17,19,22H,8-10H2,1-2H3/t15-,17?,19?,22?,24?/m0/s1. The summed E-state index contributed by atoms with van der Waals surface area (Å²) < 4.78 is 25.0. The van der Waals surface area contributed by atoms with Gasteiger partial charge in [-0.1, -0.05) is 29.8 Å². The topological polar surface area (TPSA) is 132 Å². The first-order valence-electron chi connectivity index (χ1n) is 11.4. The van der Waals surface area contributed by atoms with Crippen molar-refractivity contribution < 1.29 is 33.3 Å². The van der Waals surface area contributed by atoms with Crippen LogP contribution < -0.4 is 0 Å². The summed E-state index contributed by atoms with van der Waals surface area (Å²) in [6.45, 7) is 2.64. The van der Waals surface area contributed by atoms with E-state index in [0.717, 1.165) is 0 Å². The molecule has 0 bridgehead atoms. The van der Waals surface area contributed by atoms with Gasteiger partial charge in [-0.15, -0.1) is 0 Å². The lowest BCUT2D eigenvalue weighted by molar-refractivity contribution is -0.182. The van der Waals surface area contributed by atoms with Crippen molar-refractivity contribution in [2.45, 2.75) is 50.7 Å². The summed E-state index contributed by atoms with van der Waals surface area (Å²) in [4.78, 5) is 49.2. The molecule has 0 radical (unpaired) electrons. The zero-order chi connectivity index (χ0) is 25.4. The van der Waals surface area contributed by atoms with Gasteiger partial charge in [0.1, 0.15) is 17.9 Å². The second-order valence-electron chi connectivity index (χ2n) is 8.85. The average Bonchev–Trinajstić information content (AvgIpc) is 3.49. The van der Waals surface area contributed by atoms with Gasteiger partial charge in [-0.2, -0.15) is 0 Å². The van der Waals surface area contributed by atoms with Gasteiger partial charge in [-0.3, -0.25) is 14.2 Å². The van der Waals surface area contributed by atoms with Gasteiger partial charge in [0.25, 0.3) is 0 Å². The molecule has 1 aromatic carbocycles. The SMILES string of the molecule is CC(=O)OC1C(n2cnc3c(Cl)ncnc32)OC2C[C@H](COC(=O)c3ccccc3)CC21OC(C)=O. The minimum Gasteiger partial charge on any atom is -0.462 e. The van der Waals surface area contributed by atoms with Crippen LogP contribution in [0.3, 0.4) is 0 Å². The summed E-state index contributed by atoms with van der Waals surface area (Å²) in [5.74, 6) is -1.77. The number of carbonyl (C=O) groups is 3. The molecule has 2 aliphatic rings. The number of halogens is 1. The van der Waals surface area contributed by atoms with Gasteiger partial charge in [-0.25, -0.2) is 19.7 Å². The highest BCUT2D eigenvalue weighted by molar-refractivity contribution is 6.33. The number of hydrogen-bond acceptors (Lipinski definition) is 10. The molecule has 11 nitrogen and oxygen atoms in total. The molecule has 0 N–H and O–H groups in total. The van der Waals surface area contributed by atoms with Gasteiger partial charge in [0.05, 0.1) is 18.5 Å². The minimum absolute atomic E-state index is 0.0882. The smallest absolute Gasteiger partial charge is 0.338 e. The molecule has 2 aromatic heterocycles. The van der Waals surface area contributed by atoms with E-state index in [-0.39, 0.29) is 24.1 Å². The lowest BCUT2D eigenvalue weighted by Crippen LogP contribution is -2.50. The lowest BCUT2D eigenvalue weighted by atomic mass is 9.92. The lowest BCUT2D eigenvalue weighted by Gasteiger charge is -2.33. The number of fused-ring (bicyclic) bond motifs is 2. The number of rotatable bonds is 6. The normalized spacial score (nSPS) is 27.0. The first kappa shape index (κ1) is 24.1. The van der Waals surface area contributed by atoms with Crippen molar-refractivity contribution in [2.75, 3.05) is 6.61 Å². The van der Waals surface area contributed by atoms with Crippen LogP contribution in [0.1, 0.15) is 43.3 Å². The highest BCUT2D eigenvalue weighted by Gasteiger charge is 2.66. The molecule has 3 aromatic rings. The molecule has 1 aliphatic carbocycles. The monoisotopic (exact) mass is 514 g/mol. The molecule has 3 heterocycles. The highest BCUT2D eigenvalue weighted by Crippen LogP contribution is 2.53. The van der Waals surface area contributed by atoms with Crippen molar-refractivity contribution in [1.82, 2.24) is 19.5 Å². The van der Waals surface area contributed by atoms with Gasteiger partial charge < -0.3 is 18.9 Å². The third-order valence-corrected chi connectivity index (χ3v) is 6.70. The largest absolute Gasteiger partial charge is 0.462 e. The predicted octanol–water partition coefficient (Wildman–Crippen LogP) is 2.88. The molecule has 36 heavy (non-hydrogen) atoms. The molecule has 1 saturated carbocycles. The van der Waals surface area contributed by atoms with Crippen LogP contribution in [-0.2, 0) is 28.5 Å². The van der Waals surface area contributed by atoms with Gasteiger partial charge in [0.2, 0.25) is 0 Å².